The molecule has 3 N–H and O–H groups in total. The van der Waals surface area contributed by atoms with E-state index in [4.69, 9.17) is 5.11 Å². The Labute approximate surface area is 108 Å². The first-order valence-electron chi connectivity index (χ1n) is 6.05. The van der Waals surface area contributed by atoms with Crippen molar-refractivity contribution in [3.05, 3.63) is 0 Å². The minimum Gasteiger partial charge on any atom is -0.479 e. The van der Waals surface area contributed by atoms with Crippen LogP contribution < -0.4 is 10.6 Å². The summed E-state index contributed by atoms with van der Waals surface area (Å²) in [6, 6.07) is -1.30. The predicted molar refractivity (Wildman–Crippen MR) is 60.6 cm³/mol. The van der Waals surface area contributed by atoms with Crippen molar-refractivity contribution < 1.29 is 27.9 Å². The van der Waals surface area contributed by atoms with Crippen molar-refractivity contribution in [3.63, 3.8) is 0 Å². The fourth-order valence-electron chi connectivity index (χ4n) is 1.94. The lowest BCUT2D eigenvalue weighted by atomic mass is 9.95. The van der Waals surface area contributed by atoms with Gasteiger partial charge in [-0.25, -0.2) is 9.59 Å². The summed E-state index contributed by atoms with van der Waals surface area (Å²) in [7, 11) is 0. The summed E-state index contributed by atoms with van der Waals surface area (Å²) in [5.41, 5.74) is -3.29. The zero-order valence-electron chi connectivity index (χ0n) is 10.5. The van der Waals surface area contributed by atoms with Gasteiger partial charge in [0.05, 0.1) is 0 Å². The van der Waals surface area contributed by atoms with Gasteiger partial charge < -0.3 is 15.7 Å². The highest BCUT2D eigenvalue weighted by Crippen LogP contribution is 2.30. The number of alkyl halides is 3. The van der Waals surface area contributed by atoms with Crippen molar-refractivity contribution in [1.29, 1.82) is 0 Å². The highest BCUT2D eigenvalue weighted by Gasteiger charge is 2.58. The van der Waals surface area contributed by atoms with Gasteiger partial charge in [-0.1, -0.05) is 19.3 Å². The highest BCUT2D eigenvalue weighted by atomic mass is 19.4. The van der Waals surface area contributed by atoms with E-state index < -0.39 is 23.7 Å². The van der Waals surface area contributed by atoms with Crippen molar-refractivity contribution >= 4 is 12.0 Å². The van der Waals surface area contributed by atoms with Gasteiger partial charge in [0.25, 0.3) is 0 Å². The van der Waals surface area contributed by atoms with Gasteiger partial charge in [-0.3, -0.25) is 0 Å². The van der Waals surface area contributed by atoms with E-state index in [-0.39, 0.29) is 6.04 Å². The average molecular weight is 282 g/mol. The molecule has 1 rings (SSSR count). The van der Waals surface area contributed by atoms with Crippen molar-refractivity contribution in [2.45, 2.75) is 56.8 Å². The lowest BCUT2D eigenvalue weighted by molar-refractivity contribution is -0.203. The van der Waals surface area contributed by atoms with Gasteiger partial charge in [0.2, 0.25) is 5.54 Å². The Balaban J connectivity index is 2.64. The van der Waals surface area contributed by atoms with Gasteiger partial charge in [0.1, 0.15) is 0 Å². The Kier molecular flexibility index (Phi) is 4.65. The van der Waals surface area contributed by atoms with Gasteiger partial charge in [0, 0.05) is 6.04 Å². The molecule has 1 aliphatic carbocycles. The van der Waals surface area contributed by atoms with Crippen LogP contribution in [-0.4, -0.2) is 34.9 Å². The molecule has 0 bridgehead atoms. The van der Waals surface area contributed by atoms with Gasteiger partial charge in [-0.05, 0) is 19.8 Å². The monoisotopic (exact) mass is 282 g/mol. The van der Waals surface area contributed by atoms with Crippen LogP contribution in [-0.2, 0) is 4.79 Å². The molecule has 19 heavy (non-hydrogen) atoms. The minimum absolute atomic E-state index is 0.194. The third-order valence-corrected chi connectivity index (χ3v) is 3.30. The third kappa shape index (κ3) is 3.74. The molecule has 0 spiro atoms. The summed E-state index contributed by atoms with van der Waals surface area (Å²) in [4.78, 5) is 22.2. The van der Waals surface area contributed by atoms with Crippen LogP contribution >= 0.6 is 0 Å². The number of carbonyl (C=O) groups is 2. The van der Waals surface area contributed by atoms with Gasteiger partial charge in [-0.2, -0.15) is 13.2 Å². The average Bonchev–Trinajstić information content (AvgIpc) is 2.28. The summed E-state index contributed by atoms with van der Waals surface area (Å²) in [5.74, 6) is -2.14. The van der Waals surface area contributed by atoms with E-state index in [1.54, 1.807) is 0 Å². The van der Waals surface area contributed by atoms with Crippen LogP contribution in [0.4, 0.5) is 18.0 Å². The molecule has 110 valence electrons. The molecular formula is C11H17F3N2O3. The summed E-state index contributed by atoms with van der Waals surface area (Å²) < 4.78 is 38.0. The van der Waals surface area contributed by atoms with Gasteiger partial charge >= 0.3 is 18.2 Å². The molecule has 0 aromatic carbocycles. The second-order valence-electron chi connectivity index (χ2n) is 4.86. The van der Waals surface area contributed by atoms with Crippen molar-refractivity contribution in [2.24, 2.45) is 0 Å². The number of carboxylic acids is 1. The summed E-state index contributed by atoms with van der Waals surface area (Å²) >= 11 is 0. The van der Waals surface area contributed by atoms with Gasteiger partial charge in [-0.15, -0.1) is 0 Å². The zero-order chi connectivity index (χ0) is 14.7. The van der Waals surface area contributed by atoms with Crippen LogP contribution in [0.3, 0.4) is 0 Å². The number of carboxylic acid groups (broad SMARTS) is 1. The van der Waals surface area contributed by atoms with Crippen molar-refractivity contribution in [2.75, 3.05) is 0 Å². The summed E-state index contributed by atoms with van der Waals surface area (Å²) in [5, 5.41) is 12.6. The smallest absolute Gasteiger partial charge is 0.422 e. The first-order valence-corrected chi connectivity index (χ1v) is 6.05. The van der Waals surface area contributed by atoms with E-state index in [2.05, 4.69) is 5.32 Å². The highest BCUT2D eigenvalue weighted by molar-refractivity contribution is 5.86. The summed E-state index contributed by atoms with van der Waals surface area (Å²) in [6.07, 6.45) is -0.828. The molecule has 1 aliphatic rings. The molecule has 8 heteroatoms. The number of hydrogen-bond donors (Lipinski definition) is 3. The third-order valence-electron chi connectivity index (χ3n) is 3.30. The zero-order valence-corrected chi connectivity index (χ0v) is 10.5. The number of hydrogen-bond acceptors (Lipinski definition) is 2. The Hall–Kier alpha value is -1.47. The predicted octanol–water partition coefficient (Wildman–Crippen LogP) is 2.02. The SMILES string of the molecule is CC(NC(=O)NC1CCCCC1)(C(=O)O)C(F)(F)F. The molecule has 1 fully saturated rings. The van der Waals surface area contributed by atoms with E-state index in [1.807, 2.05) is 0 Å². The Morgan fingerprint density at radius 1 is 1.16 bits per heavy atom. The lowest BCUT2D eigenvalue weighted by Gasteiger charge is -2.30. The second kappa shape index (κ2) is 5.66. The Bertz CT molecular complexity index is 354. The standard InChI is InChI=1S/C11H17F3N2O3/c1-10(8(17)18,11(12,13)14)16-9(19)15-7-5-3-2-4-6-7/h7H,2-6H2,1H3,(H,17,18)(H2,15,16,19). The fourth-order valence-corrected chi connectivity index (χ4v) is 1.94. The maximum absolute atomic E-state index is 12.7. The van der Waals surface area contributed by atoms with Crippen LogP contribution in [0.2, 0.25) is 0 Å². The molecule has 0 aromatic rings. The number of halogens is 3. The molecule has 0 aliphatic heterocycles. The largest absolute Gasteiger partial charge is 0.479 e. The van der Waals surface area contributed by atoms with Crippen LogP contribution in [0.1, 0.15) is 39.0 Å². The molecule has 2 amide bonds. The summed E-state index contributed by atoms with van der Waals surface area (Å²) in [6.45, 7) is 0.426. The van der Waals surface area contributed by atoms with E-state index >= 15 is 0 Å². The Morgan fingerprint density at radius 2 is 1.68 bits per heavy atom. The second-order valence-corrected chi connectivity index (χ2v) is 4.86. The maximum Gasteiger partial charge on any atom is 0.422 e. The maximum atomic E-state index is 12.7. The molecule has 0 radical (unpaired) electrons. The van der Waals surface area contributed by atoms with Crippen LogP contribution in [0.5, 0.6) is 0 Å². The van der Waals surface area contributed by atoms with Crippen molar-refractivity contribution in [3.8, 4) is 0 Å². The number of nitrogens with one attached hydrogen (secondary N) is 2. The number of urea groups is 1. The molecule has 5 nitrogen and oxygen atoms in total. The van der Waals surface area contributed by atoms with E-state index in [9.17, 15) is 22.8 Å². The fraction of sp³-hybridized carbons (Fsp3) is 0.818. The number of aliphatic carboxylic acids is 1. The molecule has 1 saturated carbocycles. The first kappa shape index (κ1) is 15.6. The van der Waals surface area contributed by atoms with Crippen LogP contribution in [0.25, 0.3) is 0 Å². The van der Waals surface area contributed by atoms with E-state index in [0.717, 1.165) is 19.3 Å². The van der Waals surface area contributed by atoms with E-state index in [0.29, 0.717) is 19.8 Å². The first-order chi connectivity index (χ1) is 8.67. The van der Waals surface area contributed by atoms with E-state index in [1.165, 1.54) is 5.32 Å². The van der Waals surface area contributed by atoms with Crippen LogP contribution in [0.15, 0.2) is 0 Å². The topological polar surface area (TPSA) is 78.4 Å². The minimum atomic E-state index is -5.07. The van der Waals surface area contributed by atoms with Crippen LogP contribution in [0, 0.1) is 0 Å². The number of amides is 2. The Morgan fingerprint density at radius 3 is 2.11 bits per heavy atom. The molecule has 0 heterocycles. The lowest BCUT2D eigenvalue weighted by Crippen LogP contribution is -2.64. The normalized spacial score (nSPS) is 20.4. The van der Waals surface area contributed by atoms with Crippen molar-refractivity contribution in [1.82, 2.24) is 10.6 Å². The van der Waals surface area contributed by atoms with Gasteiger partial charge in [0.15, 0.2) is 0 Å². The number of carbonyl (C=O) groups excluding carboxylic acids is 1. The molecule has 0 saturated heterocycles. The molecule has 0 aromatic heterocycles. The molecular weight excluding hydrogens is 265 g/mol. The quantitative estimate of drug-likeness (QED) is 0.741. The molecule has 1 unspecified atom stereocenters. The molecule has 1 atom stereocenters. The number of rotatable bonds is 3.